The summed E-state index contributed by atoms with van der Waals surface area (Å²) >= 11 is 0. The SMILES string of the molecule is COCCCc1nc2cccnc2n1CC1CCN(C)C1. The third-order valence-electron chi connectivity index (χ3n) is 4.26. The largest absolute Gasteiger partial charge is 0.385 e. The maximum atomic E-state index is 5.17. The first-order valence-electron chi connectivity index (χ1n) is 7.75. The van der Waals surface area contributed by atoms with Crippen molar-refractivity contribution in [1.82, 2.24) is 19.4 Å². The molecule has 0 N–H and O–H groups in total. The number of rotatable bonds is 6. The van der Waals surface area contributed by atoms with Crippen LogP contribution in [-0.4, -0.2) is 53.3 Å². The summed E-state index contributed by atoms with van der Waals surface area (Å²) in [4.78, 5) is 11.7. The molecule has 1 fully saturated rings. The molecule has 114 valence electrons. The number of imidazole rings is 1. The van der Waals surface area contributed by atoms with Gasteiger partial charge in [0.1, 0.15) is 11.3 Å². The van der Waals surface area contributed by atoms with Crippen LogP contribution in [0, 0.1) is 5.92 Å². The molecule has 1 saturated heterocycles. The normalized spacial score (nSPS) is 19.6. The van der Waals surface area contributed by atoms with E-state index in [4.69, 9.17) is 9.72 Å². The van der Waals surface area contributed by atoms with Crippen LogP contribution in [-0.2, 0) is 17.7 Å². The number of hydrogen-bond donors (Lipinski definition) is 0. The van der Waals surface area contributed by atoms with Crippen molar-refractivity contribution in [2.75, 3.05) is 33.9 Å². The lowest BCUT2D eigenvalue weighted by molar-refractivity contribution is 0.194. The van der Waals surface area contributed by atoms with Crippen molar-refractivity contribution in [2.45, 2.75) is 25.8 Å². The van der Waals surface area contributed by atoms with Crippen molar-refractivity contribution in [2.24, 2.45) is 5.92 Å². The van der Waals surface area contributed by atoms with E-state index in [-0.39, 0.29) is 0 Å². The van der Waals surface area contributed by atoms with Gasteiger partial charge in [0.25, 0.3) is 0 Å². The first kappa shape index (κ1) is 14.5. The lowest BCUT2D eigenvalue weighted by Crippen LogP contribution is -2.18. The van der Waals surface area contributed by atoms with Crippen LogP contribution >= 0.6 is 0 Å². The van der Waals surface area contributed by atoms with Gasteiger partial charge in [-0.15, -0.1) is 0 Å². The Morgan fingerprint density at radius 3 is 3.10 bits per heavy atom. The summed E-state index contributed by atoms with van der Waals surface area (Å²) in [6, 6.07) is 4.02. The second-order valence-electron chi connectivity index (χ2n) is 6.00. The average molecular weight is 288 g/mol. The Morgan fingerprint density at radius 1 is 1.43 bits per heavy atom. The van der Waals surface area contributed by atoms with E-state index < -0.39 is 0 Å². The molecular formula is C16H24N4O. The van der Waals surface area contributed by atoms with Crippen molar-refractivity contribution in [3.63, 3.8) is 0 Å². The van der Waals surface area contributed by atoms with Crippen molar-refractivity contribution in [3.8, 4) is 0 Å². The number of likely N-dealkylation sites (tertiary alicyclic amines) is 1. The molecule has 1 atom stereocenters. The highest BCUT2D eigenvalue weighted by Gasteiger charge is 2.22. The number of ether oxygens (including phenoxy) is 1. The zero-order valence-corrected chi connectivity index (χ0v) is 13.0. The van der Waals surface area contributed by atoms with Crippen LogP contribution in [0.25, 0.3) is 11.2 Å². The van der Waals surface area contributed by atoms with Crippen LogP contribution in [0.15, 0.2) is 18.3 Å². The second kappa shape index (κ2) is 6.54. The molecule has 3 rings (SSSR count). The summed E-state index contributed by atoms with van der Waals surface area (Å²) in [5.74, 6) is 1.85. The summed E-state index contributed by atoms with van der Waals surface area (Å²) in [6.07, 6.45) is 5.08. The zero-order chi connectivity index (χ0) is 14.7. The minimum atomic E-state index is 0.704. The van der Waals surface area contributed by atoms with E-state index in [1.807, 2.05) is 12.3 Å². The van der Waals surface area contributed by atoms with Gasteiger partial charge in [-0.05, 0) is 44.5 Å². The molecule has 0 aromatic carbocycles. The van der Waals surface area contributed by atoms with Crippen LogP contribution < -0.4 is 0 Å². The quantitative estimate of drug-likeness (QED) is 0.762. The molecule has 1 aliphatic heterocycles. The Kier molecular flexibility index (Phi) is 4.51. The molecule has 2 aromatic rings. The van der Waals surface area contributed by atoms with Gasteiger partial charge in [0.15, 0.2) is 5.65 Å². The summed E-state index contributed by atoms with van der Waals surface area (Å²) in [6.45, 7) is 4.18. The summed E-state index contributed by atoms with van der Waals surface area (Å²) in [7, 11) is 3.95. The van der Waals surface area contributed by atoms with Gasteiger partial charge in [0.2, 0.25) is 0 Å². The van der Waals surface area contributed by atoms with E-state index in [1.165, 1.54) is 19.5 Å². The average Bonchev–Trinajstić information content (AvgIpc) is 3.05. The van der Waals surface area contributed by atoms with E-state index in [0.29, 0.717) is 5.92 Å². The molecule has 1 unspecified atom stereocenters. The fraction of sp³-hybridized carbons (Fsp3) is 0.625. The highest BCUT2D eigenvalue weighted by atomic mass is 16.5. The highest BCUT2D eigenvalue weighted by molar-refractivity contribution is 5.71. The maximum absolute atomic E-state index is 5.17. The molecule has 0 bridgehead atoms. The highest BCUT2D eigenvalue weighted by Crippen LogP contribution is 2.21. The van der Waals surface area contributed by atoms with Crippen LogP contribution in [0.2, 0.25) is 0 Å². The number of nitrogens with zero attached hydrogens (tertiary/aromatic N) is 4. The fourth-order valence-electron chi connectivity index (χ4n) is 3.20. The van der Waals surface area contributed by atoms with Gasteiger partial charge in [0.05, 0.1) is 0 Å². The molecule has 0 spiro atoms. The van der Waals surface area contributed by atoms with Gasteiger partial charge in [-0.25, -0.2) is 9.97 Å². The van der Waals surface area contributed by atoms with Crippen molar-refractivity contribution in [3.05, 3.63) is 24.2 Å². The summed E-state index contributed by atoms with van der Waals surface area (Å²) < 4.78 is 7.49. The van der Waals surface area contributed by atoms with Crippen molar-refractivity contribution >= 4 is 11.2 Å². The maximum Gasteiger partial charge on any atom is 0.159 e. The predicted octanol–water partition coefficient (Wildman–Crippen LogP) is 1.96. The van der Waals surface area contributed by atoms with Crippen LogP contribution in [0.3, 0.4) is 0 Å². The Bertz CT molecular complexity index is 595. The third-order valence-corrected chi connectivity index (χ3v) is 4.26. The molecule has 0 aliphatic carbocycles. The van der Waals surface area contributed by atoms with Gasteiger partial charge in [-0.3, -0.25) is 0 Å². The zero-order valence-electron chi connectivity index (χ0n) is 13.0. The topological polar surface area (TPSA) is 43.2 Å². The lowest BCUT2D eigenvalue weighted by Gasteiger charge is -2.14. The molecule has 0 radical (unpaired) electrons. The number of hydrogen-bond acceptors (Lipinski definition) is 4. The number of methoxy groups -OCH3 is 1. The molecule has 2 aromatic heterocycles. The first-order valence-corrected chi connectivity index (χ1v) is 7.75. The second-order valence-corrected chi connectivity index (χ2v) is 6.00. The Hall–Kier alpha value is -1.46. The summed E-state index contributed by atoms with van der Waals surface area (Å²) in [5.41, 5.74) is 2.04. The predicted molar refractivity (Wildman–Crippen MR) is 83.3 cm³/mol. The standard InChI is InChI=1S/C16H24N4O/c1-19-9-7-13(11-19)12-20-15(6-4-10-21-2)18-14-5-3-8-17-16(14)20/h3,5,8,13H,4,6-7,9-12H2,1-2H3. The monoisotopic (exact) mass is 288 g/mol. The van der Waals surface area contributed by atoms with E-state index in [9.17, 15) is 0 Å². The molecule has 0 amide bonds. The van der Waals surface area contributed by atoms with Crippen molar-refractivity contribution in [1.29, 1.82) is 0 Å². The Balaban J connectivity index is 1.84. The van der Waals surface area contributed by atoms with Gasteiger partial charge in [-0.1, -0.05) is 0 Å². The molecule has 1 aliphatic rings. The fourth-order valence-corrected chi connectivity index (χ4v) is 3.20. The smallest absolute Gasteiger partial charge is 0.159 e. The lowest BCUT2D eigenvalue weighted by atomic mass is 10.1. The number of aromatic nitrogens is 3. The van der Waals surface area contributed by atoms with E-state index in [2.05, 4.69) is 27.6 Å². The van der Waals surface area contributed by atoms with Gasteiger partial charge in [0, 0.05) is 39.4 Å². The molecule has 5 heteroatoms. The molecule has 21 heavy (non-hydrogen) atoms. The molecular weight excluding hydrogens is 264 g/mol. The molecule has 0 saturated carbocycles. The Labute approximate surface area is 125 Å². The van der Waals surface area contributed by atoms with Gasteiger partial charge >= 0.3 is 0 Å². The van der Waals surface area contributed by atoms with Crippen molar-refractivity contribution < 1.29 is 4.74 Å². The summed E-state index contributed by atoms with van der Waals surface area (Å²) in [5, 5.41) is 0. The third kappa shape index (κ3) is 3.24. The van der Waals surface area contributed by atoms with Crippen LogP contribution in [0.4, 0.5) is 0 Å². The minimum absolute atomic E-state index is 0.704. The number of aryl methyl sites for hydroxylation is 1. The van der Waals surface area contributed by atoms with Gasteiger partial charge in [-0.2, -0.15) is 0 Å². The molecule has 5 nitrogen and oxygen atoms in total. The molecule has 3 heterocycles. The van der Waals surface area contributed by atoms with Crippen LogP contribution in [0.5, 0.6) is 0 Å². The first-order chi connectivity index (χ1) is 10.3. The van der Waals surface area contributed by atoms with E-state index >= 15 is 0 Å². The number of pyridine rings is 1. The van der Waals surface area contributed by atoms with Gasteiger partial charge < -0.3 is 14.2 Å². The van der Waals surface area contributed by atoms with Crippen LogP contribution in [0.1, 0.15) is 18.7 Å². The minimum Gasteiger partial charge on any atom is -0.385 e. The Morgan fingerprint density at radius 2 is 2.33 bits per heavy atom. The number of fused-ring (bicyclic) bond motifs is 1. The van der Waals surface area contributed by atoms with E-state index in [1.54, 1.807) is 7.11 Å². The van der Waals surface area contributed by atoms with E-state index in [0.717, 1.165) is 43.0 Å².